The zero-order valence-corrected chi connectivity index (χ0v) is 19.4. The molecule has 5 rings (SSSR count). The Morgan fingerprint density at radius 3 is 2.29 bits per heavy atom. The Labute approximate surface area is 203 Å². The molecule has 35 heavy (non-hydrogen) atoms. The van der Waals surface area contributed by atoms with Gasteiger partial charge in [-0.15, -0.1) is 0 Å². The molecule has 0 bridgehead atoms. The molecule has 1 aliphatic heterocycles. The lowest BCUT2D eigenvalue weighted by molar-refractivity contribution is 0.0734. The smallest absolute Gasteiger partial charge is 0.343 e. The molecule has 0 spiro atoms. The van der Waals surface area contributed by atoms with Gasteiger partial charge in [-0.1, -0.05) is 54.6 Å². The predicted octanol–water partition coefficient (Wildman–Crippen LogP) is 5.03. The summed E-state index contributed by atoms with van der Waals surface area (Å²) in [6.07, 6.45) is 0. The molecule has 0 amide bonds. The van der Waals surface area contributed by atoms with Crippen molar-refractivity contribution in [3.05, 3.63) is 114 Å². The van der Waals surface area contributed by atoms with Crippen molar-refractivity contribution >= 4 is 21.7 Å². The van der Waals surface area contributed by atoms with E-state index in [0.29, 0.717) is 17.2 Å². The first-order valence-electron chi connectivity index (χ1n) is 10.8. The molecule has 7 nitrogen and oxygen atoms in total. The second-order valence-corrected chi connectivity index (χ2v) is 9.63. The van der Waals surface area contributed by atoms with Gasteiger partial charge in [0.25, 0.3) is 10.0 Å². The van der Waals surface area contributed by atoms with E-state index in [9.17, 15) is 13.2 Å². The quantitative estimate of drug-likeness (QED) is 0.269. The van der Waals surface area contributed by atoms with E-state index in [0.717, 1.165) is 5.56 Å². The van der Waals surface area contributed by atoms with Crippen LogP contribution in [-0.4, -0.2) is 21.2 Å². The Morgan fingerprint density at radius 1 is 0.800 bits per heavy atom. The van der Waals surface area contributed by atoms with Crippen LogP contribution in [0.25, 0.3) is 0 Å². The molecule has 0 radical (unpaired) electrons. The number of rotatable bonds is 7. The zero-order valence-electron chi connectivity index (χ0n) is 18.5. The van der Waals surface area contributed by atoms with Crippen LogP contribution in [0, 0.1) is 0 Å². The minimum Gasteiger partial charge on any atom is -0.454 e. The summed E-state index contributed by atoms with van der Waals surface area (Å²) in [6.45, 7) is 0.243. The molecule has 0 saturated heterocycles. The Hall–Kier alpha value is -4.30. The zero-order chi connectivity index (χ0) is 24.3. The fourth-order valence-electron chi connectivity index (χ4n) is 3.68. The molecule has 0 unspecified atom stereocenters. The van der Waals surface area contributed by atoms with E-state index >= 15 is 0 Å². The summed E-state index contributed by atoms with van der Waals surface area (Å²) < 4.78 is 44.8. The normalized spacial score (nSPS) is 12.2. The number of carbonyl (C=O) groups is 1. The molecule has 0 N–H and O–H groups in total. The first-order chi connectivity index (χ1) is 17.0. The predicted molar refractivity (Wildman–Crippen MR) is 130 cm³/mol. The van der Waals surface area contributed by atoms with E-state index in [4.69, 9.17) is 14.2 Å². The highest BCUT2D eigenvalue weighted by molar-refractivity contribution is 7.92. The van der Waals surface area contributed by atoms with Gasteiger partial charge in [-0.25, -0.2) is 13.2 Å². The summed E-state index contributed by atoms with van der Waals surface area (Å²) in [5, 5.41) is 0. The van der Waals surface area contributed by atoms with Crippen molar-refractivity contribution in [1.82, 2.24) is 0 Å². The third-order valence-corrected chi connectivity index (χ3v) is 7.20. The molecule has 4 aromatic carbocycles. The fraction of sp³-hybridized carbons (Fsp3) is 0.0741. The number of fused-ring (bicyclic) bond motifs is 1. The van der Waals surface area contributed by atoms with Gasteiger partial charge in [-0.2, -0.15) is 0 Å². The largest absolute Gasteiger partial charge is 0.454 e. The topological polar surface area (TPSA) is 82.1 Å². The van der Waals surface area contributed by atoms with E-state index < -0.39 is 16.0 Å². The maximum absolute atomic E-state index is 13.7. The van der Waals surface area contributed by atoms with E-state index in [1.54, 1.807) is 42.5 Å². The van der Waals surface area contributed by atoms with Crippen molar-refractivity contribution in [3.8, 4) is 17.2 Å². The molecule has 0 aliphatic carbocycles. The highest BCUT2D eigenvalue weighted by Gasteiger charge is 2.26. The second-order valence-electron chi connectivity index (χ2n) is 7.77. The maximum atomic E-state index is 13.7. The van der Waals surface area contributed by atoms with Crippen molar-refractivity contribution in [2.75, 3.05) is 11.1 Å². The lowest BCUT2D eigenvalue weighted by Gasteiger charge is -2.25. The minimum absolute atomic E-state index is 0.0163. The van der Waals surface area contributed by atoms with Crippen LogP contribution < -0.4 is 18.5 Å². The fourth-order valence-corrected chi connectivity index (χ4v) is 5.17. The van der Waals surface area contributed by atoms with Crippen LogP contribution in [0.5, 0.6) is 17.2 Å². The lowest BCUT2D eigenvalue weighted by atomic mass is 10.2. The molecule has 1 aliphatic rings. The Kier molecular flexibility index (Phi) is 6.12. The number of esters is 1. The summed E-state index contributed by atoms with van der Waals surface area (Å²) >= 11 is 0. The summed E-state index contributed by atoms with van der Waals surface area (Å²) in [5.41, 5.74) is 1.46. The van der Waals surface area contributed by atoms with E-state index in [1.165, 1.54) is 28.6 Å². The van der Waals surface area contributed by atoms with Crippen molar-refractivity contribution in [2.45, 2.75) is 11.4 Å². The average Bonchev–Trinajstić information content (AvgIpc) is 3.36. The number of anilines is 1. The van der Waals surface area contributed by atoms with Gasteiger partial charge >= 0.3 is 5.97 Å². The summed E-state index contributed by atoms with van der Waals surface area (Å²) in [7, 11) is -4.00. The summed E-state index contributed by atoms with van der Waals surface area (Å²) in [6, 6.07) is 28.8. The van der Waals surface area contributed by atoms with Crippen molar-refractivity contribution in [1.29, 1.82) is 0 Å². The van der Waals surface area contributed by atoms with Crippen molar-refractivity contribution in [3.63, 3.8) is 0 Å². The molecule has 0 aromatic heterocycles. The molecular formula is C27H21NO6S. The third-order valence-electron chi connectivity index (χ3n) is 5.43. The Bertz CT molecular complexity index is 1460. The number of benzene rings is 4. The molecular weight excluding hydrogens is 466 g/mol. The highest BCUT2D eigenvalue weighted by atomic mass is 32.2. The number of nitrogens with zero attached hydrogens (tertiary/aromatic N) is 1. The highest BCUT2D eigenvalue weighted by Crippen LogP contribution is 2.35. The van der Waals surface area contributed by atoms with Crippen LogP contribution in [-0.2, 0) is 16.6 Å². The maximum Gasteiger partial charge on any atom is 0.343 e. The van der Waals surface area contributed by atoms with Crippen LogP contribution in [0.15, 0.2) is 108 Å². The number of hydrogen-bond acceptors (Lipinski definition) is 6. The summed E-state index contributed by atoms with van der Waals surface area (Å²) in [4.78, 5) is 12.8. The van der Waals surface area contributed by atoms with Gasteiger partial charge in [0.1, 0.15) is 5.75 Å². The SMILES string of the molecule is O=C(Oc1ccc2c(c1)OCO2)c1cccc(S(=O)(=O)N(Cc2ccccc2)c2ccccc2)c1. The molecule has 0 fully saturated rings. The first-order valence-corrected chi connectivity index (χ1v) is 12.3. The standard InChI is InChI=1S/C27H21NO6S/c29-27(34-23-14-15-25-26(17-23)33-19-32-25)21-10-7-13-24(16-21)35(30,31)28(22-11-5-2-6-12-22)18-20-8-3-1-4-9-20/h1-17H,18-19H2. The van der Waals surface area contributed by atoms with Gasteiger partial charge in [0.15, 0.2) is 11.5 Å². The number of para-hydroxylation sites is 1. The van der Waals surface area contributed by atoms with Crippen LogP contribution in [0.4, 0.5) is 5.69 Å². The molecule has 0 atom stereocenters. The minimum atomic E-state index is -4.00. The van der Waals surface area contributed by atoms with Crippen LogP contribution in [0.3, 0.4) is 0 Å². The van der Waals surface area contributed by atoms with E-state index in [-0.39, 0.29) is 29.5 Å². The summed E-state index contributed by atoms with van der Waals surface area (Å²) in [5.74, 6) is 0.626. The molecule has 1 heterocycles. The number of ether oxygens (including phenoxy) is 3. The molecule has 0 saturated carbocycles. The Morgan fingerprint density at radius 2 is 1.51 bits per heavy atom. The Balaban J connectivity index is 1.44. The molecule has 8 heteroatoms. The third kappa shape index (κ3) is 4.83. The van der Waals surface area contributed by atoms with Gasteiger partial charge in [0.05, 0.1) is 22.7 Å². The monoisotopic (exact) mass is 487 g/mol. The van der Waals surface area contributed by atoms with Crippen LogP contribution in [0.2, 0.25) is 0 Å². The average molecular weight is 488 g/mol. The number of sulfonamides is 1. The van der Waals surface area contributed by atoms with Gasteiger partial charge in [-0.05, 0) is 48.0 Å². The first kappa shape index (κ1) is 22.5. The van der Waals surface area contributed by atoms with E-state index in [2.05, 4.69) is 0 Å². The molecule has 176 valence electrons. The van der Waals surface area contributed by atoms with E-state index in [1.807, 2.05) is 36.4 Å². The number of hydrogen-bond donors (Lipinski definition) is 0. The van der Waals surface area contributed by atoms with Gasteiger partial charge in [-0.3, -0.25) is 4.31 Å². The molecule has 4 aromatic rings. The van der Waals surface area contributed by atoms with Crippen molar-refractivity contribution in [2.24, 2.45) is 0 Å². The van der Waals surface area contributed by atoms with Gasteiger partial charge < -0.3 is 14.2 Å². The lowest BCUT2D eigenvalue weighted by Crippen LogP contribution is -2.30. The number of carbonyl (C=O) groups excluding carboxylic acids is 1. The van der Waals surface area contributed by atoms with Crippen LogP contribution in [0.1, 0.15) is 15.9 Å². The van der Waals surface area contributed by atoms with Crippen LogP contribution >= 0.6 is 0 Å². The second kappa shape index (κ2) is 9.52. The van der Waals surface area contributed by atoms with Gasteiger partial charge in [0.2, 0.25) is 6.79 Å². The van der Waals surface area contributed by atoms with Gasteiger partial charge in [0, 0.05) is 6.07 Å². The van der Waals surface area contributed by atoms with Crippen molar-refractivity contribution < 1.29 is 27.4 Å².